The van der Waals surface area contributed by atoms with Crippen LogP contribution in [-0.2, 0) is 6.54 Å². The molecule has 0 fully saturated rings. The van der Waals surface area contributed by atoms with Crippen molar-refractivity contribution >= 4 is 38.4 Å². The molecule has 0 atom stereocenters. The van der Waals surface area contributed by atoms with Crippen molar-refractivity contribution in [2.24, 2.45) is 5.73 Å². The molecule has 2 aromatic rings. The van der Waals surface area contributed by atoms with Crippen LogP contribution in [0.3, 0.4) is 0 Å². The van der Waals surface area contributed by atoms with Crippen molar-refractivity contribution in [1.82, 2.24) is 4.98 Å². The van der Waals surface area contributed by atoms with Crippen molar-refractivity contribution < 1.29 is 0 Å². The molecule has 1 heterocycles. The van der Waals surface area contributed by atoms with Crippen LogP contribution in [0, 0.1) is 0 Å². The summed E-state index contributed by atoms with van der Waals surface area (Å²) in [5.74, 6) is 0. The maximum atomic E-state index is 6.03. The van der Waals surface area contributed by atoms with E-state index in [0.29, 0.717) is 11.6 Å². The van der Waals surface area contributed by atoms with E-state index in [1.54, 1.807) is 0 Å². The summed E-state index contributed by atoms with van der Waals surface area (Å²) >= 11 is 9.42. The van der Waals surface area contributed by atoms with Crippen LogP contribution in [0.1, 0.15) is 5.69 Å². The van der Waals surface area contributed by atoms with E-state index in [1.807, 2.05) is 18.2 Å². The van der Waals surface area contributed by atoms with Gasteiger partial charge in [-0.1, -0.05) is 27.5 Å². The van der Waals surface area contributed by atoms with Gasteiger partial charge in [-0.3, -0.25) is 0 Å². The largest absolute Gasteiger partial charge is 0.356 e. The summed E-state index contributed by atoms with van der Waals surface area (Å²) in [6.07, 6.45) is 0. The molecule has 0 radical (unpaired) electrons. The van der Waals surface area contributed by atoms with E-state index in [4.69, 9.17) is 17.3 Å². The van der Waals surface area contributed by atoms with E-state index < -0.39 is 0 Å². The average Bonchev–Trinajstić information content (AvgIpc) is 2.47. The molecule has 3 N–H and O–H groups in total. The predicted octanol–water partition coefficient (Wildman–Crippen LogP) is 3.04. The highest BCUT2D eigenvalue weighted by Crippen LogP contribution is 2.27. The summed E-state index contributed by atoms with van der Waals surface area (Å²) in [7, 11) is 0. The molecule has 13 heavy (non-hydrogen) atoms. The Morgan fingerprint density at radius 2 is 2.15 bits per heavy atom. The second kappa shape index (κ2) is 3.33. The van der Waals surface area contributed by atoms with E-state index in [9.17, 15) is 0 Å². The molecule has 0 spiro atoms. The first-order chi connectivity index (χ1) is 6.20. The number of benzene rings is 1. The summed E-state index contributed by atoms with van der Waals surface area (Å²) in [5.41, 5.74) is 7.46. The number of H-pyrrole nitrogens is 1. The van der Waals surface area contributed by atoms with Crippen LogP contribution in [0.25, 0.3) is 10.9 Å². The first kappa shape index (κ1) is 9.06. The Morgan fingerprint density at radius 1 is 1.38 bits per heavy atom. The molecule has 0 saturated carbocycles. The molecule has 0 aliphatic rings. The molecule has 4 heteroatoms. The number of fused-ring (bicyclic) bond motifs is 1. The molecule has 0 aliphatic carbocycles. The highest BCUT2D eigenvalue weighted by atomic mass is 79.9. The minimum atomic E-state index is 0.503. The van der Waals surface area contributed by atoms with Crippen molar-refractivity contribution in [3.8, 4) is 0 Å². The molecule has 1 aromatic heterocycles. The molecule has 0 unspecified atom stereocenters. The lowest BCUT2D eigenvalue weighted by Gasteiger charge is -1.94. The van der Waals surface area contributed by atoms with Crippen molar-refractivity contribution in [2.75, 3.05) is 0 Å². The third-order valence-electron chi connectivity index (χ3n) is 1.92. The van der Waals surface area contributed by atoms with E-state index in [1.165, 1.54) is 0 Å². The number of aromatic nitrogens is 1. The molecule has 2 nitrogen and oxygen atoms in total. The van der Waals surface area contributed by atoms with Gasteiger partial charge in [0.05, 0.1) is 10.5 Å². The van der Waals surface area contributed by atoms with E-state index in [-0.39, 0.29) is 0 Å². The van der Waals surface area contributed by atoms with Gasteiger partial charge in [-0.05, 0) is 18.2 Å². The van der Waals surface area contributed by atoms with Gasteiger partial charge in [-0.2, -0.15) is 0 Å². The Bertz CT molecular complexity index is 450. The Hall–Kier alpha value is -0.510. The van der Waals surface area contributed by atoms with Crippen molar-refractivity contribution in [3.63, 3.8) is 0 Å². The highest BCUT2D eigenvalue weighted by Gasteiger charge is 2.04. The minimum Gasteiger partial charge on any atom is -0.356 e. The van der Waals surface area contributed by atoms with E-state index >= 15 is 0 Å². The fourth-order valence-electron chi connectivity index (χ4n) is 1.33. The molecule has 68 valence electrons. The predicted molar refractivity (Wildman–Crippen MR) is 58.9 cm³/mol. The normalized spacial score (nSPS) is 11.0. The van der Waals surface area contributed by atoms with Gasteiger partial charge >= 0.3 is 0 Å². The quantitative estimate of drug-likeness (QED) is 0.812. The standard InChI is InChI=1S/C9H8BrClN2/c10-6-1-5-2-7(4-12)13-9(5)8(11)3-6/h1-3,13H,4,12H2. The third kappa shape index (κ3) is 1.59. The smallest absolute Gasteiger partial charge is 0.0658 e. The van der Waals surface area contributed by atoms with E-state index in [0.717, 1.165) is 21.1 Å². The minimum absolute atomic E-state index is 0.503. The first-order valence-corrected chi connectivity index (χ1v) is 5.04. The van der Waals surface area contributed by atoms with Crippen molar-refractivity contribution in [1.29, 1.82) is 0 Å². The zero-order valence-electron chi connectivity index (χ0n) is 6.77. The lowest BCUT2D eigenvalue weighted by Crippen LogP contribution is -1.95. The topological polar surface area (TPSA) is 41.8 Å². The van der Waals surface area contributed by atoms with Crippen molar-refractivity contribution in [3.05, 3.63) is 33.4 Å². The highest BCUT2D eigenvalue weighted by molar-refractivity contribution is 9.10. The third-order valence-corrected chi connectivity index (χ3v) is 2.68. The lowest BCUT2D eigenvalue weighted by atomic mass is 10.2. The zero-order valence-corrected chi connectivity index (χ0v) is 9.11. The van der Waals surface area contributed by atoms with Gasteiger partial charge in [0.2, 0.25) is 0 Å². The summed E-state index contributed by atoms with van der Waals surface area (Å²) in [5, 5.41) is 1.80. The number of hydrogen-bond donors (Lipinski definition) is 2. The summed E-state index contributed by atoms with van der Waals surface area (Å²) in [6, 6.07) is 5.88. The number of hydrogen-bond acceptors (Lipinski definition) is 1. The molecule has 0 aliphatic heterocycles. The number of halogens is 2. The van der Waals surface area contributed by atoms with Crippen molar-refractivity contribution in [2.45, 2.75) is 6.54 Å². The molecular weight excluding hydrogens is 251 g/mol. The van der Waals surface area contributed by atoms with Crippen LogP contribution in [-0.4, -0.2) is 4.98 Å². The molecule has 2 rings (SSSR count). The van der Waals surface area contributed by atoms with Crippen LogP contribution < -0.4 is 5.73 Å². The van der Waals surface area contributed by atoms with Crippen LogP contribution in [0.4, 0.5) is 0 Å². The molecule has 1 aromatic carbocycles. The number of aromatic amines is 1. The number of rotatable bonds is 1. The molecule has 0 saturated heterocycles. The maximum Gasteiger partial charge on any atom is 0.0658 e. The Labute approximate surface area is 89.2 Å². The SMILES string of the molecule is NCc1cc2cc(Br)cc(Cl)c2[nH]1. The Morgan fingerprint density at radius 3 is 2.85 bits per heavy atom. The first-order valence-electron chi connectivity index (χ1n) is 3.87. The van der Waals surface area contributed by atoms with Crippen LogP contribution in [0.2, 0.25) is 5.02 Å². The van der Waals surface area contributed by atoms with Gasteiger partial charge in [0.25, 0.3) is 0 Å². The summed E-state index contributed by atoms with van der Waals surface area (Å²) in [6.45, 7) is 0.503. The fourth-order valence-corrected chi connectivity index (χ4v) is 2.21. The van der Waals surface area contributed by atoms with Crippen LogP contribution >= 0.6 is 27.5 Å². The zero-order chi connectivity index (χ0) is 9.42. The van der Waals surface area contributed by atoms with Gasteiger partial charge in [0.15, 0.2) is 0 Å². The lowest BCUT2D eigenvalue weighted by molar-refractivity contribution is 1.02. The number of nitrogens with two attached hydrogens (primary N) is 1. The average molecular weight is 260 g/mol. The Balaban J connectivity index is 2.75. The molecule has 0 bridgehead atoms. The summed E-state index contributed by atoms with van der Waals surface area (Å²) in [4.78, 5) is 3.16. The second-order valence-corrected chi connectivity index (χ2v) is 4.17. The van der Waals surface area contributed by atoms with Gasteiger partial charge in [0, 0.05) is 22.1 Å². The molecule has 0 amide bonds. The van der Waals surface area contributed by atoms with E-state index in [2.05, 4.69) is 20.9 Å². The number of nitrogens with one attached hydrogen (secondary N) is 1. The Kier molecular flexibility index (Phi) is 2.32. The van der Waals surface area contributed by atoms with Crippen LogP contribution in [0.15, 0.2) is 22.7 Å². The van der Waals surface area contributed by atoms with Gasteiger partial charge in [-0.15, -0.1) is 0 Å². The van der Waals surface area contributed by atoms with Gasteiger partial charge in [0.1, 0.15) is 0 Å². The monoisotopic (exact) mass is 258 g/mol. The van der Waals surface area contributed by atoms with Gasteiger partial charge in [-0.25, -0.2) is 0 Å². The molecular formula is C9H8BrClN2. The fraction of sp³-hybridized carbons (Fsp3) is 0.111. The maximum absolute atomic E-state index is 6.03. The summed E-state index contributed by atoms with van der Waals surface area (Å²) < 4.78 is 0.979. The van der Waals surface area contributed by atoms with Gasteiger partial charge < -0.3 is 10.7 Å². The van der Waals surface area contributed by atoms with Crippen LogP contribution in [0.5, 0.6) is 0 Å². The second-order valence-electron chi connectivity index (χ2n) is 2.85.